The van der Waals surface area contributed by atoms with Crippen molar-refractivity contribution in [2.75, 3.05) is 41.1 Å². The SMILES string of the molecule is CN1CN(C)CN(C)C1.[Cr]. The molecule has 4 heteroatoms. The fraction of sp³-hybridized carbons (Fsp3) is 1.00. The van der Waals surface area contributed by atoms with E-state index in [2.05, 4.69) is 35.8 Å². The molecule has 1 aliphatic rings. The summed E-state index contributed by atoms with van der Waals surface area (Å²) in [6.07, 6.45) is 0. The fourth-order valence-electron chi connectivity index (χ4n) is 1.37. The van der Waals surface area contributed by atoms with E-state index in [1.54, 1.807) is 0 Å². The van der Waals surface area contributed by atoms with Gasteiger partial charge in [-0.05, 0) is 21.1 Å². The summed E-state index contributed by atoms with van der Waals surface area (Å²) in [5.41, 5.74) is 0. The van der Waals surface area contributed by atoms with E-state index in [4.69, 9.17) is 0 Å². The first-order valence-corrected chi connectivity index (χ1v) is 3.24. The van der Waals surface area contributed by atoms with Gasteiger partial charge in [-0.2, -0.15) is 0 Å². The maximum absolute atomic E-state index is 2.28. The monoisotopic (exact) mass is 181 g/mol. The van der Waals surface area contributed by atoms with Crippen molar-refractivity contribution in [1.29, 1.82) is 0 Å². The summed E-state index contributed by atoms with van der Waals surface area (Å²) in [4.78, 5) is 6.84. The second kappa shape index (κ2) is 4.32. The van der Waals surface area contributed by atoms with E-state index in [0.29, 0.717) is 0 Å². The summed E-state index contributed by atoms with van der Waals surface area (Å²) < 4.78 is 0. The van der Waals surface area contributed by atoms with Gasteiger partial charge in [-0.3, -0.25) is 14.7 Å². The summed E-state index contributed by atoms with van der Waals surface area (Å²) in [6, 6.07) is 0. The van der Waals surface area contributed by atoms with E-state index in [9.17, 15) is 0 Å². The standard InChI is InChI=1S/C6H15N3.Cr/c1-7-4-8(2)6-9(3)5-7;/h4-6H2,1-3H3;. The molecule has 0 N–H and O–H groups in total. The molecule has 0 saturated carbocycles. The Kier molecular flexibility index (Phi) is 4.50. The summed E-state index contributed by atoms with van der Waals surface area (Å²) in [7, 11) is 6.39. The van der Waals surface area contributed by atoms with Crippen molar-refractivity contribution in [2.45, 2.75) is 0 Å². The molecule has 1 aliphatic heterocycles. The molecule has 0 unspecified atom stereocenters. The van der Waals surface area contributed by atoms with Crippen LogP contribution in [0.2, 0.25) is 0 Å². The normalized spacial score (nSPS) is 24.3. The molecule has 0 aromatic carbocycles. The molecule has 0 aliphatic carbocycles. The Hall–Kier alpha value is 0.412. The van der Waals surface area contributed by atoms with Gasteiger partial charge in [0.25, 0.3) is 0 Å². The molecule has 0 radical (unpaired) electrons. The van der Waals surface area contributed by atoms with Gasteiger partial charge < -0.3 is 0 Å². The first-order chi connectivity index (χ1) is 4.18. The molecular formula is C6H15CrN3. The van der Waals surface area contributed by atoms with Gasteiger partial charge in [0.05, 0.1) is 20.0 Å². The molecule has 3 nitrogen and oxygen atoms in total. The minimum Gasteiger partial charge on any atom is -0.280 e. The minimum absolute atomic E-state index is 0. The average molecular weight is 181 g/mol. The van der Waals surface area contributed by atoms with Crippen LogP contribution in [0.5, 0.6) is 0 Å². The van der Waals surface area contributed by atoms with Crippen molar-refractivity contribution in [1.82, 2.24) is 14.7 Å². The van der Waals surface area contributed by atoms with Gasteiger partial charge >= 0.3 is 0 Å². The van der Waals surface area contributed by atoms with Crippen molar-refractivity contribution >= 4 is 0 Å². The third kappa shape index (κ3) is 3.00. The van der Waals surface area contributed by atoms with Crippen LogP contribution in [-0.4, -0.2) is 55.8 Å². The topological polar surface area (TPSA) is 9.72 Å². The zero-order valence-electron chi connectivity index (χ0n) is 6.87. The van der Waals surface area contributed by atoms with Crippen LogP contribution < -0.4 is 0 Å². The summed E-state index contributed by atoms with van der Waals surface area (Å²) >= 11 is 0. The Morgan fingerprint density at radius 1 is 0.700 bits per heavy atom. The quantitative estimate of drug-likeness (QED) is 0.506. The van der Waals surface area contributed by atoms with Crippen molar-refractivity contribution < 1.29 is 17.4 Å². The average Bonchev–Trinajstić information content (AvgIpc) is 1.59. The van der Waals surface area contributed by atoms with Gasteiger partial charge in [-0.1, -0.05) is 0 Å². The summed E-state index contributed by atoms with van der Waals surface area (Å²) in [5.74, 6) is 0. The van der Waals surface area contributed by atoms with Crippen LogP contribution in [-0.2, 0) is 17.4 Å². The van der Waals surface area contributed by atoms with Crippen LogP contribution >= 0.6 is 0 Å². The molecule has 0 bridgehead atoms. The summed E-state index contributed by atoms with van der Waals surface area (Å²) in [5, 5.41) is 0. The first kappa shape index (κ1) is 10.4. The van der Waals surface area contributed by atoms with Crippen molar-refractivity contribution in [3.05, 3.63) is 0 Å². The maximum Gasteiger partial charge on any atom is 0.0523 e. The van der Waals surface area contributed by atoms with Gasteiger partial charge in [0, 0.05) is 17.4 Å². The molecule has 1 saturated heterocycles. The van der Waals surface area contributed by atoms with E-state index < -0.39 is 0 Å². The molecule has 0 aromatic rings. The van der Waals surface area contributed by atoms with Gasteiger partial charge in [-0.25, -0.2) is 0 Å². The van der Waals surface area contributed by atoms with E-state index in [0.717, 1.165) is 20.0 Å². The van der Waals surface area contributed by atoms with Gasteiger partial charge in [-0.15, -0.1) is 0 Å². The number of hydrogen-bond acceptors (Lipinski definition) is 3. The molecule has 0 spiro atoms. The Bertz CT molecular complexity index is 74.0. The Morgan fingerprint density at radius 3 is 1.10 bits per heavy atom. The van der Waals surface area contributed by atoms with Crippen molar-refractivity contribution in [2.24, 2.45) is 0 Å². The number of nitrogens with zero attached hydrogens (tertiary/aromatic N) is 3. The van der Waals surface area contributed by atoms with Crippen LogP contribution in [0.15, 0.2) is 0 Å². The molecule has 60 valence electrons. The van der Waals surface area contributed by atoms with Gasteiger partial charge in [0.15, 0.2) is 0 Å². The predicted molar refractivity (Wildman–Crippen MR) is 37.9 cm³/mol. The van der Waals surface area contributed by atoms with E-state index in [-0.39, 0.29) is 17.4 Å². The molecular weight excluding hydrogens is 166 g/mol. The molecule has 1 fully saturated rings. The van der Waals surface area contributed by atoms with Crippen LogP contribution in [0.25, 0.3) is 0 Å². The molecule has 10 heavy (non-hydrogen) atoms. The second-order valence-electron chi connectivity index (χ2n) is 2.99. The van der Waals surface area contributed by atoms with Crippen LogP contribution in [0.4, 0.5) is 0 Å². The number of hydrogen-bond donors (Lipinski definition) is 0. The fourth-order valence-corrected chi connectivity index (χ4v) is 1.37. The largest absolute Gasteiger partial charge is 0.280 e. The molecule has 1 heterocycles. The summed E-state index contributed by atoms with van der Waals surface area (Å²) in [6.45, 7) is 3.26. The molecule has 0 atom stereocenters. The predicted octanol–water partition coefficient (Wildman–Crippen LogP) is -0.335. The van der Waals surface area contributed by atoms with Gasteiger partial charge in [0.1, 0.15) is 0 Å². The van der Waals surface area contributed by atoms with E-state index >= 15 is 0 Å². The molecule has 1 rings (SSSR count). The van der Waals surface area contributed by atoms with E-state index in [1.165, 1.54) is 0 Å². The van der Waals surface area contributed by atoms with Crippen LogP contribution in [0.1, 0.15) is 0 Å². The third-order valence-corrected chi connectivity index (χ3v) is 1.45. The maximum atomic E-state index is 2.28. The van der Waals surface area contributed by atoms with E-state index in [1.807, 2.05) is 0 Å². The van der Waals surface area contributed by atoms with Crippen LogP contribution in [0, 0.1) is 0 Å². The smallest absolute Gasteiger partial charge is 0.0523 e. The van der Waals surface area contributed by atoms with Crippen molar-refractivity contribution in [3.63, 3.8) is 0 Å². The molecule has 0 aromatic heterocycles. The zero-order valence-corrected chi connectivity index (χ0v) is 8.15. The number of rotatable bonds is 0. The first-order valence-electron chi connectivity index (χ1n) is 3.24. The Balaban J connectivity index is 0.000000810. The third-order valence-electron chi connectivity index (χ3n) is 1.45. The Labute approximate surface area is 73.7 Å². The molecule has 0 amide bonds. The Morgan fingerprint density at radius 2 is 0.900 bits per heavy atom. The van der Waals surface area contributed by atoms with Gasteiger partial charge in [0.2, 0.25) is 0 Å². The minimum atomic E-state index is 0. The van der Waals surface area contributed by atoms with Crippen molar-refractivity contribution in [3.8, 4) is 0 Å². The second-order valence-corrected chi connectivity index (χ2v) is 2.99. The zero-order chi connectivity index (χ0) is 6.85. The van der Waals surface area contributed by atoms with Crippen LogP contribution in [0.3, 0.4) is 0 Å².